The smallest absolute Gasteiger partial charge is 0.261 e. The van der Waals surface area contributed by atoms with Gasteiger partial charge in [0.1, 0.15) is 0 Å². The molecule has 2 aromatic carbocycles. The maximum absolute atomic E-state index is 12.0. The molecule has 25 heavy (non-hydrogen) atoms. The van der Waals surface area contributed by atoms with Gasteiger partial charge in [-0.25, -0.2) is 0 Å². The molecule has 0 radical (unpaired) electrons. The summed E-state index contributed by atoms with van der Waals surface area (Å²) in [4.78, 5) is 17.0. The van der Waals surface area contributed by atoms with Crippen LogP contribution in [0.3, 0.4) is 0 Å². The molecule has 0 aromatic heterocycles. The number of nitrogens with one attached hydrogen (secondary N) is 1. The van der Waals surface area contributed by atoms with E-state index in [-0.39, 0.29) is 24.4 Å². The summed E-state index contributed by atoms with van der Waals surface area (Å²) in [6, 6.07) is 12.9. The van der Waals surface area contributed by atoms with Crippen LogP contribution in [0.4, 0.5) is 0 Å². The number of halogens is 1. The second-order valence-electron chi connectivity index (χ2n) is 5.89. The van der Waals surface area contributed by atoms with Gasteiger partial charge in [-0.05, 0) is 61.7 Å². The Morgan fingerprint density at radius 1 is 1.20 bits per heavy atom. The van der Waals surface area contributed by atoms with Crippen molar-refractivity contribution in [2.45, 2.75) is 26.8 Å². The van der Waals surface area contributed by atoms with Gasteiger partial charge in [0.05, 0.1) is 6.04 Å². The number of rotatable bonds is 6. The van der Waals surface area contributed by atoms with Crippen LogP contribution in [0.5, 0.6) is 0 Å². The predicted molar refractivity (Wildman–Crippen MR) is 101 cm³/mol. The van der Waals surface area contributed by atoms with Crippen molar-refractivity contribution in [2.24, 2.45) is 10.9 Å². The average molecular weight is 360 g/mol. The van der Waals surface area contributed by atoms with Crippen molar-refractivity contribution in [2.75, 3.05) is 6.61 Å². The molecule has 0 fully saturated rings. The SMILES string of the molecule is Cc1ccc(C(C)NC(=O)CO/N=C(\N)c2ccc(Cl)cc2)cc1C. The van der Waals surface area contributed by atoms with Crippen molar-refractivity contribution >= 4 is 23.3 Å². The molecule has 3 N–H and O–H groups in total. The minimum atomic E-state index is -0.265. The van der Waals surface area contributed by atoms with Crippen LogP contribution in [0.15, 0.2) is 47.6 Å². The van der Waals surface area contributed by atoms with Crippen LogP contribution in [0.25, 0.3) is 0 Å². The van der Waals surface area contributed by atoms with E-state index in [9.17, 15) is 4.79 Å². The lowest BCUT2D eigenvalue weighted by Gasteiger charge is -2.15. The summed E-state index contributed by atoms with van der Waals surface area (Å²) in [6.07, 6.45) is 0. The third kappa shape index (κ3) is 5.50. The molecular formula is C19H22ClN3O2. The molecule has 0 aliphatic carbocycles. The monoisotopic (exact) mass is 359 g/mol. The zero-order chi connectivity index (χ0) is 18.4. The number of nitrogens with two attached hydrogens (primary N) is 1. The second-order valence-corrected chi connectivity index (χ2v) is 6.33. The van der Waals surface area contributed by atoms with Crippen LogP contribution in [-0.2, 0) is 9.63 Å². The van der Waals surface area contributed by atoms with Gasteiger partial charge in [0.15, 0.2) is 12.4 Å². The Morgan fingerprint density at radius 3 is 2.52 bits per heavy atom. The van der Waals surface area contributed by atoms with Gasteiger partial charge in [-0.1, -0.05) is 35.0 Å². The van der Waals surface area contributed by atoms with Gasteiger partial charge in [0, 0.05) is 10.6 Å². The maximum atomic E-state index is 12.0. The summed E-state index contributed by atoms with van der Waals surface area (Å²) < 4.78 is 0. The summed E-state index contributed by atoms with van der Waals surface area (Å²) in [6.45, 7) is 5.82. The van der Waals surface area contributed by atoms with E-state index in [1.165, 1.54) is 11.1 Å². The summed E-state index contributed by atoms with van der Waals surface area (Å²) in [5, 5.41) is 7.24. The summed E-state index contributed by atoms with van der Waals surface area (Å²) >= 11 is 5.81. The van der Waals surface area contributed by atoms with E-state index in [4.69, 9.17) is 22.2 Å². The van der Waals surface area contributed by atoms with E-state index >= 15 is 0 Å². The standard InChI is InChI=1S/C19H22ClN3O2/c1-12-4-5-16(10-13(12)2)14(3)22-18(24)11-25-23-19(21)15-6-8-17(20)9-7-15/h4-10,14H,11H2,1-3H3,(H2,21,23)(H,22,24). The molecular weight excluding hydrogens is 338 g/mol. The number of hydrogen-bond acceptors (Lipinski definition) is 3. The number of aryl methyl sites for hydroxylation is 2. The lowest BCUT2D eigenvalue weighted by molar-refractivity contribution is -0.126. The molecule has 0 aliphatic rings. The fourth-order valence-electron chi connectivity index (χ4n) is 2.23. The number of carbonyl (C=O) groups excluding carboxylic acids is 1. The fraction of sp³-hybridized carbons (Fsp3) is 0.263. The van der Waals surface area contributed by atoms with Gasteiger partial charge in [-0.3, -0.25) is 4.79 Å². The van der Waals surface area contributed by atoms with Crippen LogP contribution in [0.1, 0.15) is 35.2 Å². The van der Waals surface area contributed by atoms with Gasteiger partial charge in [0.25, 0.3) is 5.91 Å². The van der Waals surface area contributed by atoms with Crippen molar-refractivity contribution in [1.82, 2.24) is 5.32 Å². The van der Waals surface area contributed by atoms with Crippen molar-refractivity contribution in [3.05, 3.63) is 69.7 Å². The second kappa shape index (κ2) is 8.53. The van der Waals surface area contributed by atoms with Gasteiger partial charge < -0.3 is 15.9 Å². The average Bonchev–Trinajstić information content (AvgIpc) is 2.57. The van der Waals surface area contributed by atoms with Crippen molar-refractivity contribution in [3.8, 4) is 0 Å². The topological polar surface area (TPSA) is 76.7 Å². The van der Waals surface area contributed by atoms with Gasteiger partial charge in [-0.15, -0.1) is 0 Å². The Labute approximate surface area is 152 Å². The number of benzene rings is 2. The van der Waals surface area contributed by atoms with Crippen molar-refractivity contribution in [3.63, 3.8) is 0 Å². The molecule has 1 amide bonds. The predicted octanol–water partition coefficient (Wildman–Crippen LogP) is 3.47. The molecule has 0 saturated heterocycles. The Kier molecular flexibility index (Phi) is 6.42. The molecule has 0 bridgehead atoms. The molecule has 1 atom stereocenters. The van der Waals surface area contributed by atoms with E-state index in [1.54, 1.807) is 24.3 Å². The summed E-state index contributed by atoms with van der Waals surface area (Å²) in [5.41, 5.74) is 9.93. The number of nitrogens with zero attached hydrogens (tertiary/aromatic N) is 1. The third-order valence-electron chi connectivity index (χ3n) is 3.91. The molecule has 1 unspecified atom stereocenters. The Bertz CT molecular complexity index is 773. The quantitative estimate of drug-likeness (QED) is 0.471. The van der Waals surface area contributed by atoms with E-state index in [0.29, 0.717) is 10.6 Å². The first-order valence-corrected chi connectivity index (χ1v) is 8.32. The maximum Gasteiger partial charge on any atom is 0.261 e. The minimum absolute atomic E-state index is 0.118. The molecule has 6 heteroatoms. The first kappa shape index (κ1) is 18.8. The summed E-state index contributed by atoms with van der Waals surface area (Å²) in [7, 11) is 0. The number of hydrogen-bond donors (Lipinski definition) is 2. The van der Waals surface area contributed by atoms with Crippen LogP contribution in [0, 0.1) is 13.8 Å². The molecule has 2 rings (SSSR count). The number of carbonyl (C=O) groups is 1. The van der Waals surface area contributed by atoms with Crippen LogP contribution in [-0.4, -0.2) is 18.3 Å². The molecule has 0 saturated carbocycles. The highest BCUT2D eigenvalue weighted by Gasteiger charge is 2.11. The highest BCUT2D eigenvalue weighted by Crippen LogP contribution is 2.16. The van der Waals surface area contributed by atoms with E-state index in [2.05, 4.69) is 23.5 Å². The van der Waals surface area contributed by atoms with Crippen LogP contribution >= 0.6 is 11.6 Å². The highest BCUT2D eigenvalue weighted by molar-refractivity contribution is 6.30. The minimum Gasteiger partial charge on any atom is -0.384 e. The zero-order valence-electron chi connectivity index (χ0n) is 14.5. The Hall–Kier alpha value is -2.53. The number of amidine groups is 1. The fourth-order valence-corrected chi connectivity index (χ4v) is 2.36. The van der Waals surface area contributed by atoms with Crippen LogP contribution < -0.4 is 11.1 Å². The van der Waals surface area contributed by atoms with Crippen molar-refractivity contribution < 1.29 is 9.63 Å². The molecule has 5 nitrogen and oxygen atoms in total. The highest BCUT2D eigenvalue weighted by atomic mass is 35.5. The van der Waals surface area contributed by atoms with Gasteiger partial charge >= 0.3 is 0 Å². The lowest BCUT2D eigenvalue weighted by Crippen LogP contribution is -2.30. The largest absolute Gasteiger partial charge is 0.384 e. The third-order valence-corrected chi connectivity index (χ3v) is 4.16. The van der Waals surface area contributed by atoms with E-state index < -0.39 is 0 Å². The van der Waals surface area contributed by atoms with Crippen LogP contribution in [0.2, 0.25) is 5.02 Å². The number of oxime groups is 1. The Morgan fingerprint density at radius 2 is 1.88 bits per heavy atom. The number of amides is 1. The van der Waals surface area contributed by atoms with E-state index in [0.717, 1.165) is 5.56 Å². The zero-order valence-corrected chi connectivity index (χ0v) is 15.3. The molecule has 2 aromatic rings. The lowest BCUT2D eigenvalue weighted by atomic mass is 10.0. The first-order valence-electron chi connectivity index (χ1n) is 7.94. The van der Waals surface area contributed by atoms with E-state index in [1.807, 2.05) is 26.0 Å². The molecule has 0 spiro atoms. The van der Waals surface area contributed by atoms with Gasteiger partial charge in [0.2, 0.25) is 0 Å². The Balaban J connectivity index is 1.86. The molecule has 132 valence electrons. The first-order chi connectivity index (χ1) is 11.9. The normalized spacial score (nSPS) is 12.6. The molecule has 0 aliphatic heterocycles. The van der Waals surface area contributed by atoms with Crippen molar-refractivity contribution in [1.29, 1.82) is 0 Å². The summed E-state index contributed by atoms with van der Waals surface area (Å²) in [5.74, 6) is -0.0786. The van der Waals surface area contributed by atoms with Gasteiger partial charge in [-0.2, -0.15) is 0 Å². The molecule has 0 heterocycles.